The molecular weight excluding hydrogens is 543 g/mol. The van der Waals surface area contributed by atoms with Gasteiger partial charge in [0.25, 0.3) is 0 Å². The summed E-state index contributed by atoms with van der Waals surface area (Å²) in [6, 6.07) is 25.4. The zero-order valence-electron chi connectivity index (χ0n) is 23.1. The average Bonchev–Trinajstić information content (AvgIpc) is 3.75. The number of aliphatic hydroxyl groups is 1. The first-order valence-electron chi connectivity index (χ1n) is 14.0. The first kappa shape index (κ1) is 27.8. The fourth-order valence-electron chi connectivity index (χ4n) is 6.02. The summed E-state index contributed by atoms with van der Waals surface area (Å²) in [6.45, 7) is 0. The second kappa shape index (κ2) is 11.5. The third-order valence-corrected chi connectivity index (χ3v) is 8.31. The van der Waals surface area contributed by atoms with Crippen LogP contribution in [-0.2, 0) is 5.60 Å². The first-order valence-corrected chi connectivity index (χ1v) is 14.0. The van der Waals surface area contributed by atoms with Gasteiger partial charge >= 0.3 is 0 Å². The predicted molar refractivity (Wildman–Crippen MR) is 155 cm³/mol. The van der Waals surface area contributed by atoms with E-state index in [1.54, 1.807) is 49.3 Å². The SMILES string of the molecule is N#Cc1ccc([C@H]2CCC(=O)c3cncn32)cc1.N#Cc1ccc([C@H]2CCC(O)(c3ccc(F)cc3)c3cncn32)cc1. The van der Waals surface area contributed by atoms with Crippen molar-refractivity contribution in [2.24, 2.45) is 0 Å². The highest BCUT2D eigenvalue weighted by Gasteiger charge is 2.40. The topological polar surface area (TPSA) is 121 Å². The van der Waals surface area contributed by atoms with Crippen LogP contribution in [0.3, 0.4) is 0 Å². The number of carbonyl (C=O) groups excluding carboxylic acids is 1. The van der Waals surface area contributed by atoms with Crippen LogP contribution in [-0.4, -0.2) is 30.0 Å². The van der Waals surface area contributed by atoms with Crippen molar-refractivity contribution in [1.82, 2.24) is 19.1 Å². The zero-order valence-corrected chi connectivity index (χ0v) is 23.1. The number of hydrogen-bond donors (Lipinski definition) is 1. The van der Waals surface area contributed by atoms with Crippen molar-refractivity contribution in [3.8, 4) is 12.1 Å². The molecule has 2 aliphatic rings. The van der Waals surface area contributed by atoms with Gasteiger partial charge in [0.1, 0.15) is 17.1 Å². The molecule has 2 aromatic heterocycles. The van der Waals surface area contributed by atoms with Gasteiger partial charge in [-0.25, -0.2) is 14.4 Å². The Balaban J connectivity index is 0.000000162. The summed E-state index contributed by atoms with van der Waals surface area (Å²) in [5, 5.41) is 29.0. The van der Waals surface area contributed by atoms with Gasteiger partial charge in [0.15, 0.2) is 5.78 Å². The van der Waals surface area contributed by atoms with E-state index >= 15 is 0 Å². The van der Waals surface area contributed by atoms with Crippen molar-refractivity contribution in [3.63, 3.8) is 0 Å². The number of Topliss-reactive ketones (excluding diaryl/α,β-unsaturated/α-hetero) is 1. The summed E-state index contributed by atoms with van der Waals surface area (Å²) in [5.74, 6) is -0.176. The molecule has 3 atom stereocenters. The van der Waals surface area contributed by atoms with Crippen LogP contribution in [0.4, 0.5) is 4.39 Å². The molecule has 3 aromatic carbocycles. The number of halogens is 1. The summed E-state index contributed by atoms with van der Waals surface area (Å²) in [5.41, 5.74) is 4.29. The van der Waals surface area contributed by atoms with Crippen LogP contribution in [0.25, 0.3) is 0 Å². The lowest BCUT2D eigenvalue weighted by molar-refractivity contribution is 0.0419. The number of benzene rings is 3. The number of carbonyl (C=O) groups is 1. The van der Waals surface area contributed by atoms with Gasteiger partial charge in [0.05, 0.1) is 66.1 Å². The minimum Gasteiger partial charge on any atom is -0.379 e. The van der Waals surface area contributed by atoms with Gasteiger partial charge < -0.3 is 14.2 Å². The standard InChI is InChI=1S/C20H16FN3O.C14H11N3O/c21-17-7-5-16(6-8-17)20(25)10-9-18(24-13-23-12-19(20)24)15-3-1-14(11-22)2-4-15;15-7-10-1-3-11(4-2-10)12-5-6-14(18)13-8-16-9-17(12)13/h1-8,12-13,18,25H,9-10H2;1-4,8-9,12H,5-6H2/t18-,20?;12-/m11/s1. The van der Waals surface area contributed by atoms with Gasteiger partial charge in [-0.2, -0.15) is 10.5 Å². The molecule has 0 spiro atoms. The van der Waals surface area contributed by atoms with Crippen molar-refractivity contribution < 1.29 is 14.3 Å². The molecule has 2 aliphatic heterocycles. The van der Waals surface area contributed by atoms with Crippen molar-refractivity contribution in [3.05, 3.63) is 143 Å². The lowest BCUT2D eigenvalue weighted by atomic mass is 9.80. The van der Waals surface area contributed by atoms with Crippen LogP contribution in [0.1, 0.15) is 81.8 Å². The van der Waals surface area contributed by atoms with E-state index in [2.05, 4.69) is 22.1 Å². The molecule has 1 unspecified atom stereocenters. The molecular formula is C34H27FN6O2. The van der Waals surface area contributed by atoms with Crippen molar-refractivity contribution in [1.29, 1.82) is 10.5 Å². The molecule has 7 rings (SSSR count). The van der Waals surface area contributed by atoms with Crippen LogP contribution in [0.15, 0.2) is 97.8 Å². The van der Waals surface area contributed by atoms with E-state index in [9.17, 15) is 14.3 Å². The van der Waals surface area contributed by atoms with E-state index in [-0.39, 0.29) is 23.7 Å². The van der Waals surface area contributed by atoms with Crippen LogP contribution >= 0.6 is 0 Å². The highest BCUT2D eigenvalue weighted by atomic mass is 19.1. The fraction of sp³-hybridized carbons (Fsp3) is 0.206. The Labute approximate surface area is 247 Å². The maximum atomic E-state index is 13.2. The zero-order chi connectivity index (χ0) is 30.0. The van der Waals surface area contributed by atoms with E-state index < -0.39 is 5.60 Å². The fourth-order valence-corrected chi connectivity index (χ4v) is 6.02. The minimum absolute atomic E-state index is 0.0472. The summed E-state index contributed by atoms with van der Waals surface area (Å²) < 4.78 is 17.1. The molecule has 212 valence electrons. The highest BCUT2D eigenvalue weighted by molar-refractivity contribution is 5.95. The van der Waals surface area contributed by atoms with E-state index in [4.69, 9.17) is 10.5 Å². The smallest absolute Gasteiger partial charge is 0.180 e. The number of rotatable bonds is 3. The Hall–Kier alpha value is -5.38. The molecule has 0 fully saturated rings. The maximum Gasteiger partial charge on any atom is 0.180 e. The number of hydrogen-bond acceptors (Lipinski definition) is 6. The Morgan fingerprint density at radius 1 is 0.791 bits per heavy atom. The molecule has 0 saturated heterocycles. The van der Waals surface area contributed by atoms with Crippen molar-refractivity contribution >= 4 is 5.78 Å². The predicted octanol–water partition coefficient (Wildman–Crippen LogP) is 5.83. The molecule has 8 nitrogen and oxygen atoms in total. The van der Waals surface area contributed by atoms with Gasteiger partial charge in [-0.1, -0.05) is 36.4 Å². The van der Waals surface area contributed by atoms with E-state index in [1.165, 1.54) is 12.1 Å². The van der Waals surface area contributed by atoms with Gasteiger partial charge in [0.2, 0.25) is 0 Å². The van der Waals surface area contributed by atoms with Gasteiger partial charge in [-0.15, -0.1) is 0 Å². The molecule has 1 N–H and O–H groups in total. The normalized spacial score (nSPS) is 20.5. The Morgan fingerprint density at radius 3 is 1.95 bits per heavy atom. The first-order chi connectivity index (χ1) is 20.9. The second-order valence-electron chi connectivity index (χ2n) is 10.7. The molecule has 0 aliphatic carbocycles. The lowest BCUT2D eigenvalue weighted by Gasteiger charge is -2.38. The van der Waals surface area contributed by atoms with Crippen LogP contribution in [0.2, 0.25) is 0 Å². The summed E-state index contributed by atoms with van der Waals surface area (Å²) in [4.78, 5) is 20.0. The van der Waals surface area contributed by atoms with Crippen molar-refractivity contribution in [2.75, 3.05) is 0 Å². The number of aromatic nitrogens is 4. The number of nitriles is 2. The molecule has 0 radical (unpaired) electrons. The van der Waals surface area contributed by atoms with Gasteiger partial charge in [0, 0.05) is 6.42 Å². The van der Waals surface area contributed by atoms with E-state index in [0.29, 0.717) is 47.3 Å². The number of ketones is 1. The lowest BCUT2D eigenvalue weighted by Crippen LogP contribution is -2.36. The molecule has 0 amide bonds. The van der Waals surface area contributed by atoms with Crippen LogP contribution in [0, 0.1) is 28.5 Å². The summed E-state index contributed by atoms with van der Waals surface area (Å²) >= 11 is 0. The Morgan fingerprint density at radius 2 is 1.35 bits per heavy atom. The monoisotopic (exact) mass is 570 g/mol. The molecule has 0 saturated carbocycles. The number of nitrogens with zero attached hydrogens (tertiary/aromatic N) is 6. The molecule has 9 heteroatoms. The average molecular weight is 571 g/mol. The largest absolute Gasteiger partial charge is 0.379 e. The molecule has 0 bridgehead atoms. The Kier molecular flexibility index (Phi) is 7.41. The third-order valence-electron chi connectivity index (χ3n) is 8.31. The third kappa shape index (κ3) is 5.23. The summed E-state index contributed by atoms with van der Waals surface area (Å²) in [6.07, 6.45) is 9.26. The number of imidazole rings is 2. The maximum absolute atomic E-state index is 13.2. The van der Waals surface area contributed by atoms with Gasteiger partial charge in [-0.3, -0.25) is 4.79 Å². The van der Waals surface area contributed by atoms with E-state index in [1.807, 2.05) is 45.5 Å². The molecule has 43 heavy (non-hydrogen) atoms. The molecule has 5 aromatic rings. The quantitative estimate of drug-likeness (QED) is 0.291. The van der Waals surface area contributed by atoms with E-state index in [0.717, 1.165) is 17.5 Å². The molecule has 4 heterocycles. The van der Waals surface area contributed by atoms with Gasteiger partial charge in [-0.05, 0) is 72.4 Å². The Bertz CT molecular complexity index is 1850. The van der Waals surface area contributed by atoms with Crippen LogP contribution in [0.5, 0.6) is 0 Å². The van der Waals surface area contributed by atoms with Crippen molar-refractivity contribution in [2.45, 2.75) is 43.4 Å². The second-order valence-corrected chi connectivity index (χ2v) is 10.7. The highest BCUT2D eigenvalue weighted by Crippen LogP contribution is 2.43. The number of fused-ring (bicyclic) bond motifs is 2. The minimum atomic E-state index is -1.19. The summed E-state index contributed by atoms with van der Waals surface area (Å²) in [7, 11) is 0. The van der Waals surface area contributed by atoms with Crippen LogP contribution < -0.4 is 0 Å².